The fourth-order valence-corrected chi connectivity index (χ4v) is 3.94. The highest BCUT2D eigenvalue weighted by Gasteiger charge is 2.41. The third-order valence-electron chi connectivity index (χ3n) is 5.29. The molecule has 1 aromatic heterocycles. The fourth-order valence-electron chi connectivity index (χ4n) is 3.94. The smallest absolute Gasteiger partial charge is 0.191 e. The average molecular weight is 481 g/mol. The molecule has 2 aliphatic rings. The van der Waals surface area contributed by atoms with E-state index in [1.54, 1.807) is 0 Å². The first-order valence-electron chi connectivity index (χ1n) is 9.48. The van der Waals surface area contributed by atoms with Gasteiger partial charge in [0.15, 0.2) is 5.96 Å². The lowest BCUT2D eigenvalue weighted by Crippen LogP contribution is -2.47. The van der Waals surface area contributed by atoms with Crippen molar-refractivity contribution in [2.45, 2.75) is 50.5 Å². The summed E-state index contributed by atoms with van der Waals surface area (Å²) in [4.78, 5) is 8.87. The van der Waals surface area contributed by atoms with Crippen LogP contribution in [0.2, 0.25) is 0 Å². The van der Waals surface area contributed by atoms with Gasteiger partial charge in [0.2, 0.25) is 0 Å². The Labute approximate surface area is 177 Å². The van der Waals surface area contributed by atoms with Gasteiger partial charge < -0.3 is 19.9 Å². The number of nitrogens with zero attached hydrogens (tertiary/aromatic N) is 3. The van der Waals surface area contributed by atoms with Gasteiger partial charge in [-0.05, 0) is 24.8 Å². The van der Waals surface area contributed by atoms with Crippen LogP contribution in [-0.2, 0) is 17.7 Å². The van der Waals surface area contributed by atoms with Crippen LogP contribution in [0.15, 0.2) is 47.7 Å². The van der Waals surface area contributed by atoms with Crippen molar-refractivity contribution in [3.63, 3.8) is 0 Å². The molecule has 0 amide bonds. The van der Waals surface area contributed by atoms with Crippen molar-refractivity contribution in [3.8, 4) is 0 Å². The summed E-state index contributed by atoms with van der Waals surface area (Å²) < 4.78 is 8.11. The van der Waals surface area contributed by atoms with Crippen molar-refractivity contribution < 1.29 is 4.74 Å². The molecule has 1 aromatic carbocycles. The average Bonchev–Trinajstić information content (AvgIpc) is 3.39. The molecule has 27 heavy (non-hydrogen) atoms. The van der Waals surface area contributed by atoms with Crippen molar-refractivity contribution in [3.05, 3.63) is 54.1 Å². The highest BCUT2D eigenvalue weighted by Crippen LogP contribution is 2.34. The molecule has 3 heterocycles. The summed E-state index contributed by atoms with van der Waals surface area (Å²) in [5, 5.41) is 6.93. The van der Waals surface area contributed by atoms with Crippen LogP contribution in [0.25, 0.3) is 0 Å². The van der Waals surface area contributed by atoms with Gasteiger partial charge in [0, 0.05) is 39.0 Å². The van der Waals surface area contributed by atoms with Gasteiger partial charge >= 0.3 is 0 Å². The molecule has 6 nitrogen and oxygen atoms in total. The zero-order valence-electron chi connectivity index (χ0n) is 15.7. The van der Waals surface area contributed by atoms with E-state index in [1.807, 2.05) is 25.5 Å². The van der Waals surface area contributed by atoms with E-state index in [-0.39, 0.29) is 24.0 Å². The number of aromatic nitrogens is 2. The van der Waals surface area contributed by atoms with Crippen LogP contribution in [0.3, 0.4) is 0 Å². The monoisotopic (exact) mass is 481 g/mol. The number of hydrogen-bond acceptors (Lipinski definition) is 3. The molecule has 3 atom stereocenters. The van der Waals surface area contributed by atoms with Crippen molar-refractivity contribution in [1.82, 2.24) is 20.2 Å². The number of nitrogens with one attached hydrogen (secondary N) is 2. The predicted octanol–water partition coefficient (Wildman–Crippen LogP) is 2.58. The van der Waals surface area contributed by atoms with Crippen molar-refractivity contribution >= 4 is 29.9 Å². The predicted molar refractivity (Wildman–Crippen MR) is 118 cm³/mol. The number of guanidine groups is 1. The van der Waals surface area contributed by atoms with E-state index in [0.29, 0.717) is 18.2 Å². The largest absolute Gasteiger partial charge is 0.373 e. The van der Waals surface area contributed by atoms with Crippen LogP contribution < -0.4 is 10.6 Å². The van der Waals surface area contributed by atoms with Gasteiger partial charge in [-0.2, -0.15) is 0 Å². The lowest BCUT2D eigenvalue weighted by atomic mass is 9.96. The van der Waals surface area contributed by atoms with E-state index in [0.717, 1.165) is 44.1 Å². The molecule has 0 radical (unpaired) electrons. The molecule has 2 N–H and O–H groups in total. The van der Waals surface area contributed by atoms with Gasteiger partial charge in [-0.15, -0.1) is 24.0 Å². The van der Waals surface area contributed by atoms with Crippen molar-refractivity contribution in [2.24, 2.45) is 4.99 Å². The molecule has 0 saturated carbocycles. The first-order valence-corrected chi connectivity index (χ1v) is 9.48. The normalized spacial score (nSPS) is 23.9. The molecule has 4 rings (SSSR count). The molecule has 2 aliphatic heterocycles. The summed E-state index contributed by atoms with van der Waals surface area (Å²) in [6.45, 7) is 1.65. The van der Waals surface area contributed by atoms with Gasteiger partial charge in [-0.25, -0.2) is 4.98 Å². The third-order valence-corrected chi connectivity index (χ3v) is 5.29. The number of benzene rings is 1. The first kappa shape index (κ1) is 20.1. The Balaban J connectivity index is 0.00000210. The zero-order chi connectivity index (χ0) is 17.8. The maximum absolute atomic E-state index is 5.91. The van der Waals surface area contributed by atoms with Crippen molar-refractivity contribution in [2.75, 3.05) is 13.6 Å². The molecule has 2 bridgehead atoms. The summed E-state index contributed by atoms with van der Waals surface area (Å²) in [5.41, 5.74) is 1.29. The summed E-state index contributed by atoms with van der Waals surface area (Å²) >= 11 is 0. The minimum absolute atomic E-state index is 0. The number of halogens is 1. The van der Waals surface area contributed by atoms with Gasteiger partial charge in [-0.3, -0.25) is 4.99 Å². The SMILES string of the molecule is CN=C(NCCc1nccn1Cc1ccccc1)NC1CC2CCC1O2.I. The molecule has 146 valence electrons. The van der Waals surface area contributed by atoms with Crippen LogP contribution in [-0.4, -0.2) is 47.4 Å². The minimum Gasteiger partial charge on any atom is -0.373 e. The number of hydrogen-bond donors (Lipinski definition) is 2. The highest BCUT2D eigenvalue weighted by atomic mass is 127. The molecule has 0 spiro atoms. The lowest BCUT2D eigenvalue weighted by molar-refractivity contribution is 0.0992. The van der Waals surface area contributed by atoms with E-state index < -0.39 is 0 Å². The molecule has 2 aromatic rings. The van der Waals surface area contributed by atoms with E-state index in [2.05, 4.69) is 49.4 Å². The van der Waals surface area contributed by atoms with Gasteiger partial charge in [0.25, 0.3) is 0 Å². The topological polar surface area (TPSA) is 63.5 Å². The molecule has 2 saturated heterocycles. The highest BCUT2D eigenvalue weighted by molar-refractivity contribution is 14.0. The Hall–Kier alpha value is -1.61. The van der Waals surface area contributed by atoms with Crippen LogP contribution >= 0.6 is 24.0 Å². The van der Waals surface area contributed by atoms with E-state index in [4.69, 9.17) is 4.74 Å². The molecule has 3 unspecified atom stereocenters. The van der Waals surface area contributed by atoms with Crippen molar-refractivity contribution in [1.29, 1.82) is 0 Å². The number of imidazole rings is 1. The standard InChI is InChI=1S/C20H27N5O.HI/c1-21-20(24-17-13-16-7-8-18(17)26-16)23-10-9-19-22-11-12-25(19)14-15-5-3-2-4-6-15;/h2-6,11-12,16-18H,7-10,13-14H2,1H3,(H2,21,23,24);1H. The number of aliphatic imine (C=N–C) groups is 1. The Kier molecular flexibility index (Phi) is 7.12. The molecule has 2 fully saturated rings. The second-order valence-corrected chi connectivity index (χ2v) is 7.07. The Bertz CT molecular complexity index is 748. The summed E-state index contributed by atoms with van der Waals surface area (Å²) in [5.74, 6) is 1.94. The third kappa shape index (κ3) is 5.01. The Morgan fingerprint density at radius 1 is 1.30 bits per heavy atom. The Morgan fingerprint density at radius 3 is 2.85 bits per heavy atom. The second kappa shape index (κ2) is 9.54. The Morgan fingerprint density at radius 2 is 2.15 bits per heavy atom. The summed E-state index contributed by atoms with van der Waals surface area (Å²) in [6, 6.07) is 10.9. The summed E-state index contributed by atoms with van der Waals surface area (Å²) in [7, 11) is 1.82. The second-order valence-electron chi connectivity index (χ2n) is 7.07. The maximum Gasteiger partial charge on any atom is 0.191 e. The number of rotatable bonds is 6. The van der Waals surface area contributed by atoms with Crippen LogP contribution in [0.5, 0.6) is 0 Å². The first-order chi connectivity index (χ1) is 12.8. The van der Waals surface area contributed by atoms with E-state index >= 15 is 0 Å². The zero-order valence-corrected chi connectivity index (χ0v) is 18.0. The molecule has 0 aliphatic carbocycles. The van der Waals surface area contributed by atoms with Crippen LogP contribution in [0, 0.1) is 0 Å². The van der Waals surface area contributed by atoms with Gasteiger partial charge in [0.1, 0.15) is 5.82 Å². The van der Waals surface area contributed by atoms with Gasteiger partial charge in [0.05, 0.1) is 18.2 Å². The lowest BCUT2D eigenvalue weighted by Gasteiger charge is -2.22. The fraction of sp³-hybridized carbons (Fsp3) is 0.500. The maximum atomic E-state index is 5.91. The number of ether oxygens (including phenoxy) is 1. The van der Waals surface area contributed by atoms with E-state index in [9.17, 15) is 0 Å². The molecule has 7 heteroatoms. The van der Waals surface area contributed by atoms with Gasteiger partial charge in [-0.1, -0.05) is 30.3 Å². The van der Waals surface area contributed by atoms with E-state index in [1.165, 1.54) is 12.0 Å². The van der Waals surface area contributed by atoms with Crippen LogP contribution in [0.1, 0.15) is 30.7 Å². The minimum atomic E-state index is 0. The molecular weight excluding hydrogens is 453 g/mol. The quantitative estimate of drug-likeness (QED) is 0.379. The van der Waals surface area contributed by atoms with Crippen LogP contribution in [0.4, 0.5) is 0 Å². The number of fused-ring (bicyclic) bond motifs is 2. The molecular formula is C20H28IN5O. The summed E-state index contributed by atoms with van der Waals surface area (Å²) in [6.07, 6.45) is 9.03.